The largest absolute Gasteiger partial charge is 0.368 e. The molecule has 0 spiro atoms. The molecule has 0 unspecified atom stereocenters. The molecule has 166 valence electrons. The van der Waals surface area contributed by atoms with Crippen molar-refractivity contribution in [3.8, 4) is 11.3 Å². The molecule has 2 amide bonds. The van der Waals surface area contributed by atoms with Gasteiger partial charge in [0.25, 0.3) is 0 Å². The summed E-state index contributed by atoms with van der Waals surface area (Å²) < 4.78 is 0.852. The van der Waals surface area contributed by atoms with Crippen LogP contribution >= 0.6 is 34.7 Å². The highest BCUT2D eigenvalue weighted by molar-refractivity contribution is 8.01. The van der Waals surface area contributed by atoms with E-state index in [9.17, 15) is 9.59 Å². The Bertz CT molecular complexity index is 1080. The second-order valence-electron chi connectivity index (χ2n) is 7.38. The van der Waals surface area contributed by atoms with Crippen molar-refractivity contribution in [2.75, 3.05) is 42.1 Å². The molecule has 1 N–H and O–H groups in total. The van der Waals surface area contributed by atoms with Crippen molar-refractivity contribution in [1.29, 1.82) is 0 Å². The Morgan fingerprint density at radius 3 is 2.41 bits per heavy atom. The molecule has 1 fully saturated rings. The van der Waals surface area contributed by atoms with Crippen molar-refractivity contribution in [2.24, 2.45) is 0 Å². The summed E-state index contributed by atoms with van der Waals surface area (Å²) >= 11 is 8.89. The number of carbonyl (C=O) groups excluding carboxylic acids is 2. The zero-order valence-electron chi connectivity index (χ0n) is 17.6. The van der Waals surface area contributed by atoms with Crippen LogP contribution in [-0.2, 0) is 9.59 Å². The summed E-state index contributed by atoms with van der Waals surface area (Å²) in [4.78, 5) is 32.6. The fraction of sp³-hybridized carbons (Fsp3) is 0.261. The Balaban J connectivity index is 1.26. The molecule has 9 heteroatoms. The van der Waals surface area contributed by atoms with Crippen molar-refractivity contribution >= 4 is 57.9 Å². The molecule has 1 aromatic heterocycles. The molecule has 0 radical (unpaired) electrons. The van der Waals surface area contributed by atoms with Crippen molar-refractivity contribution in [1.82, 2.24) is 9.88 Å². The van der Waals surface area contributed by atoms with Crippen LogP contribution in [0.1, 0.15) is 6.92 Å². The summed E-state index contributed by atoms with van der Waals surface area (Å²) in [7, 11) is 0. The molecular weight excluding hydrogens is 464 g/mol. The molecule has 2 aromatic carbocycles. The van der Waals surface area contributed by atoms with Gasteiger partial charge in [-0.2, -0.15) is 0 Å². The monoisotopic (exact) mass is 486 g/mol. The third-order valence-electron chi connectivity index (χ3n) is 5.19. The van der Waals surface area contributed by atoms with Crippen molar-refractivity contribution in [3.05, 3.63) is 58.9 Å². The van der Waals surface area contributed by atoms with E-state index >= 15 is 0 Å². The Hall–Kier alpha value is -2.55. The first-order chi connectivity index (χ1) is 15.5. The van der Waals surface area contributed by atoms with Gasteiger partial charge in [0.15, 0.2) is 4.34 Å². The summed E-state index contributed by atoms with van der Waals surface area (Å²) in [5.74, 6) is 0.350. The SMILES string of the molecule is CC(=O)N1CCN(c2ccc(NC(=O)CSc3nc(-c4ccc(Cl)cc4)cs3)cc2)CC1. The Morgan fingerprint density at radius 2 is 1.75 bits per heavy atom. The maximum Gasteiger partial charge on any atom is 0.234 e. The number of piperazine rings is 1. The highest BCUT2D eigenvalue weighted by Crippen LogP contribution is 2.29. The van der Waals surface area contributed by atoms with E-state index in [-0.39, 0.29) is 11.8 Å². The molecule has 4 rings (SSSR count). The predicted octanol–water partition coefficient (Wildman–Crippen LogP) is 4.86. The third-order valence-corrected chi connectivity index (χ3v) is 7.46. The van der Waals surface area contributed by atoms with Crippen LogP contribution < -0.4 is 10.2 Å². The molecular formula is C23H23ClN4O2S2. The number of amides is 2. The Morgan fingerprint density at radius 1 is 1.06 bits per heavy atom. The summed E-state index contributed by atoms with van der Waals surface area (Å²) in [5, 5.41) is 5.62. The van der Waals surface area contributed by atoms with Crippen LogP contribution in [0.2, 0.25) is 5.02 Å². The van der Waals surface area contributed by atoms with E-state index in [0.29, 0.717) is 10.8 Å². The van der Waals surface area contributed by atoms with Crippen molar-refractivity contribution < 1.29 is 9.59 Å². The number of thioether (sulfide) groups is 1. The van der Waals surface area contributed by atoms with Crippen LogP contribution in [0, 0.1) is 0 Å². The molecule has 1 aliphatic heterocycles. The zero-order chi connectivity index (χ0) is 22.5. The fourth-order valence-corrected chi connectivity index (χ4v) is 5.20. The number of anilines is 2. The first kappa shape index (κ1) is 22.6. The molecule has 0 atom stereocenters. The third kappa shape index (κ3) is 5.82. The van der Waals surface area contributed by atoms with Crippen molar-refractivity contribution in [3.63, 3.8) is 0 Å². The molecule has 3 aromatic rings. The smallest absolute Gasteiger partial charge is 0.234 e. The molecule has 1 saturated heterocycles. The van der Waals surface area contributed by atoms with Gasteiger partial charge in [-0.3, -0.25) is 9.59 Å². The number of carbonyl (C=O) groups is 2. The number of nitrogens with zero attached hydrogens (tertiary/aromatic N) is 3. The number of rotatable bonds is 6. The van der Waals surface area contributed by atoms with Crippen LogP contribution in [0.25, 0.3) is 11.3 Å². The Labute approximate surface area is 200 Å². The van der Waals surface area contributed by atoms with E-state index in [1.165, 1.54) is 23.1 Å². The number of benzene rings is 2. The van der Waals surface area contributed by atoms with Gasteiger partial charge in [-0.15, -0.1) is 11.3 Å². The highest BCUT2D eigenvalue weighted by Gasteiger charge is 2.18. The minimum atomic E-state index is -0.0685. The highest BCUT2D eigenvalue weighted by atomic mass is 35.5. The summed E-state index contributed by atoms with van der Waals surface area (Å²) in [6.45, 7) is 4.71. The van der Waals surface area contributed by atoms with Gasteiger partial charge in [0.1, 0.15) is 0 Å². The molecule has 2 heterocycles. The molecule has 0 bridgehead atoms. The first-order valence-electron chi connectivity index (χ1n) is 10.2. The van der Waals surface area contributed by atoms with Crippen LogP contribution in [-0.4, -0.2) is 53.6 Å². The number of aromatic nitrogens is 1. The fourth-order valence-electron chi connectivity index (χ4n) is 3.44. The minimum Gasteiger partial charge on any atom is -0.368 e. The zero-order valence-corrected chi connectivity index (χ0v) is 20.0. The summed E-state index contributed by atoms with van der Waals surface area (Å²) in [6.07, 6.45) is 0. The summed E-state index contributed by atoms with van der Waals surface area (Å²) in [6, 6.07) is 15.4. The van der Waals surface area contributed by atoms with Gasteiger partial charge in [-0.05, 0) is 36.4 Å². The number of thiazole rings is 1. The maximum absolute atomic E-state index is 12.4. The molecule has 6 nitrogen and oxygen atoms in total. The topological polar surface area (TPSA) is 65.5 Å². The van der Waals surface area contributed by atoms with Crippen LogP contribution in [0.3, 0.4) is 0 Å². The van der Waals surface area contributed by atoms with E-state index in [4.69, 9.17) is 11.6 Å². The van der Waals surface area contributed by atoms with E-state index < -0.39 is 0 Å². The van der Waals surface area contributed by atoms with Gasteiger partial charge < -0.3 is 15.1 Å². The van der Waals surface area contributed by atoms with E-state index in [2.05, 4.69) is 15.2 Å². The Kier molecular flexibility index (Phi) is 7.34. The molecule has 32 heavy (non-hydrogen) atoms. The standard InChI is InChI=1S/C23H23ClN4O2S2/c1-16(29)27-10-12-28(13-11-27)20-8-6-19(7-9-20)25-22(30)15-32-23-26-21(14-31-23)17-2-4-18(24)5-3-17/h2-9,14H,10-13,15H2,1H3,(H,25,30). The van der Waals surface area contributed by atoms with Crippen LogP contribution in [0.5, 0.6) is 0 Å². The van der Waals surface area contributed by atoms with E-state index in [1.54, 1.807) is 6.92 Å². The lowest BCUT2D eigenvalue weighted by Gasteiger charge is -2.35. The van der Waals surface area contributed by atoms with Gasteiger partial charge in [0.2, 0.25) is 11.8 Å². The van der Waals surface area contributed by atoms with Gasteiger partial charge in [-0.25, -0.2) is 4.98 Å². The molecule has 0 aliphatic carbocycles. The predicted molar refractivity (Wildman–Crippen MR) is 133 cm³/mol. The van der Waals surface area contributed by atoms with Crippen LogP contribution in [0.4, 0.5) is 11.4 Å². The lowest BCUT2D eigenvalue weighted by atomic mass is 10.2. The number of hydrogen-bond acceptors (Lipinski definition) is 6. The maximum atomic E-state index is 12.4. The van der Waals surface area contributed by atoms with Gasteiger partial charge >= 0.3 is 0 Å². The molecule has 1 aliphatic rings. The quantitative estimate of drug-likeness (QED) is 0.504. The van der Waals surface area contributed by atoms with E-state index in [1.807, 2.05) is 58.8 Å². The summed E-state index contributed by atoms with van der Waals surface area (Å²) in [5.41, 5.74) is 3.75. The van der Waals surface area contributed by atoms with Crippen molar-refractivity contribution in [2.45, 2.75) is 11.3 Å². The van der Waals surface area contributed by atoms with E-state index in [0.717, 1.165) is 53.2 Å². The normalized spacial score (nSPS) is 13.8. The van der Waals surface area contributed by atoms with Gasteiger partial charge in [-0.1, -0.05) is 35.5 Å². The average molecular weight is 487 g/mol. The number of hydrogen-bond donors (Lipinski definition) is 1. The second kappa shape index (κ2) is 10.4. The average Bonchev–Trinajstić information content (AvgIpc) is 3.28. The van der Waals surface area contributed by atoms with Gasteiger partial charge in [0.05, 0.1) is 11.4 Å². The minimum absolute atomic E-state index is 0.0685. The number of halogens is 1. The first-order valence-corrected chi connectivity index (χ1v) is 12.5. The molecule has 0 saturated carbocycles. The lowest BCUT2D eigenvalue weighted by molar-refractivity contribution is -0.129. The lowest BCUT2D eigenvalue weighted by Crippen LogP contribution is -2.48. The number of nitrogens with one attached hydrogen (secondary N) is 1. The van der Waals surface area contributed by atoms with Gasteiger partial charge in [0, 0.05) is 60.4 Å². The van der Waals surface area contributed by atoms with Crippen LogP contribution in [0.15, 0.2) is 58.3 Å². The second-order valence-corrected chi connectivity index (χ2v) is 9.90.